The van der Waals surface area contributed by atoms with Crippen molar-refractivity contribution in [3.63, 3.8) is 0 Å². The number of amides is 1. The number of fused-ring (bicyclic) bond motifs is 1. The number of carbonyl (C=O) groups is 2. The normalized spacial score (nSPS) is 27.2. The maximum absolute atomic E-state index is 13.1. The van der Waals surface area contributed by atoms with Crippen LogP contribution in [0.25, 0.3) is 0 Å². The van der Waals surface area contributed by atoms with Crippen molar-refractivity contribution in [2.75, 3.05) is 26.9 Å². The predicted molar refractivity (Wildman–Crippen MR) is 124 cm³/mol. The number of methoxy groups -OCH3 is 1. The lowest BCUT2D eigenvalue weighted by Crippen LogP contribution is -2.56. The molecule has 1 saturated heterocycles. The van der Waals surface area contributed by atoms with Gasteiger partial charge in [0.05, 0.1) is 37.2 Å². The Morgan fingerprint density at radius 2 is 1.94 bits per heavy atom. The van der Waals surface area contributed by atoms with E-state index < -0.39 is 33.9 Å². The molecule has 0 unspecified atom stereocenters. The van der Waals surface area contributed by atoms with Gasteiger partial charge in [0.15, 0.2) is 0 Å². The number of hydrogen-bond donors (Lipinski definition) is 0. The van der Waals surface area contributed by atoms with Crippen molar-refractivity contribution in [1.82, 2.24) is 4.90 Å². The van der Waals surface area contributed by atoms with Gasteiger partial charge in [-0.15, -0.1) is 0 Å². The number of nitrogens with zero attached hydrogens (tertiary/aromatic N) is 2. The summed E-state index contributed by atoms with van der Waals surface area (Å²) in [5.74, 6) is -0.283. The monoisotopic (exact) mass is 516 g/mol. The highest BCUT2D eigenvalue weighted by Crippen LogP contribution is 2.54. The first-order valence-electron chi connectivity index (χ1n) is 10.9. The lowest BCUT2D eigenvalue weighted by molar-refractivity contribution is -0.156. The van der Waals surface area contributed by atoms with Gasteiger partial charge in [-0.2, -0.15) is 5.26 Å². The molecule has 0 bridgehead atoms. The highest BCUT2D eigenvalue weighted by atomic mass is 35.6. The van der Waals surface area contributed by atoms with Crippen molar-refractivity contribution in [2.45, 2.75) is 42.4 Å². The zero-order chi connectivity index (χ0) is 24.2. The second-order valence-corrected chi connectivity index (χ2v) is 11.0. The van der Waals surface area contributed by atoms with E-state index in [9.17, 15) is 14.9 Å². The first-order chi connectivity index (χ1) is 15.6. The van der Waals surface area contributed by atoms with E-state index in [1.807, 2.05) is 12.1 Å². The van der Waals surface area contributed by atoms with Gasteiger partial charge in [0.25, 0.3) is 0 Å². The van der Waals surface area contributed by atoms with E-state index >= 15 is 0 Å². The van der Waals surface area contributed by atoms with Crippen LogP contribution in [0.15, 0.2) is 24.3 Å². The number of rotatable bonds is 5. The summed E-state index contributed by atoms with van der Waals surface area (Å²) >= 11 is 17.3. The molecule has 0 aromatic heterocycles. The Kier molecular flexibility index (Phi) is 8.26. The molecule has 3 rings (SSSR count). The minimum atomic E-state index is -1.75. The highest BCUT2D eigenvalue weighted by molar-refractivity contribution is 6.67. The Morgan fingerprint density at radius 3 is 2.52 bits per heavy atom. The molecule has 1 saturated carbocycles. The molecule has 180 valence electrons. The molecule has 1 heterocycles. The fraction of sp³-hybridized carbons (Fsp3) is 0.609. The van der Waals surface area contributed by atoms with Gasteiger partial charge < -0.3 is 14.2 Å². The number of carbonyl (C=O) groups excluding carboxylic acids is 2. The lowest BCUT2D eigenvalue weighted by Gasteiger charge is -2.52. The van der Waals surface area contributed by atoms with E-state index in [1.165, 1.54) is 4.90 Å². The Labute approximate surface area is 208 Å². The number of benzene rings is 1. The van der Waals surface area contributed by atoms with Crippen molar-refractivity contribution in [3.05, 3.63) is 29.8 Å². The van der Waals surface area contributed by atoms with Crippen LogP contribution in [0.2, 0.25) is 0 Å². The zero-order valence-electron chi connectivity index (χ0n) is 18.6. The summed E-state index contributed by atoms with van der Waals surface area (Å²) in [7, 11) is 1.57. The topological polar surface area (TPSA) is 88.9 Å². The molecule has 10 heteroatoms. The lowest BCUT2D eigenvalue weighted by atomic mass is 9.57. The summed E-state index contributed by atoms with van der Waals surface area (Å²) in [6.45, 7) is 1.73. The third kappa shape index (κ3) is 5.79. The van der Waals surface area contributed by atoms with E-state index in [0.717, 1.165) is 5.56 Å². The number of piperidine rings is 1. The van der Waals surface area contributed by atoms with Gasteiger partial charge in [-0.25, -0.2) is 4.79 Å². The average molecular weight is 518 g/mol. The predicted octanol–water partition coefficient (Wildman–Crippen LogP) is 5.44. The zero-order valence-corrected chi connectivity index (χ0v) is 20.8. The summed E-state index contributed by atoms with van der Waals surface area (Å²) in [6.07, 6.45) is 1.66. The molecule has 2 aliphatic rings. The SMILES string of the molecule is CCOC(=O)[C@H]1CCC[C@@]2(C#N)CN(C(=O)OCC(Cl)(Cl)Cl)[C@H](c3ccc(OC)cc3)C[C@H]12. The summed E-state index contributed by atoms with van der Waals surface area (Å²) in [4.78, 5) is 27.4. The third-order valence-electron chi connectivity index (χ3n) is 6.55. The molecular weight excluding hydrogens is 491 g/mol. The molecule has 0 spiro atoms. The quantitative estimate of drug-likeness (QED) is 0.382. The highest BCUT2D eigenvalue weighted by Gasteiger charge is 2.55. The standard InChI is InChI=1S/C23H27Cl3N2O5/c1-3-32-20(29)17-5-4-10-22(12-27)13-28(21(30)33-14-23(24,25)26)19(11-18(17)22)15-6-8-16(31-2)9-7-15/h6-9,17-19H,3-5,10-11,13-14H2,1-2H3/t17-,18+,19-,22+/m0/s1. The Bertz CT molecular complexity index is 899. The summed E-state index contributed by atoms with van der Waals surface area (Å²) in [5.41, 5.74) is -0.0566. The molecule has 2 fully saturated rings. The largest absolute Gasteiger partial charge is 0.497 e. The summed E-state index contributed by atoms with van der Waals surface area (Å²) in [5, 5.41) is 10.2. The number of alkyl halides is 3. The van der Waals surface area contributed by atoms with E-state index in [1.54, 1.807) is 26.2 Å². The molecule has 7 nitrogen and oxygen atoms in total. The van der Waals surface area contributed by atoms with E-state index in [0.29, 0.717) is 31.4 Å². The van der Waals surface area contributed by atoms with Crippen molar-refractivity contribution in [3.8, 4) is 11.8 Å². The molecule has 1 aromatic rings. The van der Waals surface area contributed by atoms with Crippen molar-refractivity contribution < 1.29 is 23.8 Å². The number of esters is 1. The van der Waals surface area contributed by atoms with E-state index in [-0.39, 0.29) is 25.0 Å². The van der Waals surface area contributed by atoms with Crippen LogP contribution in [0.3, 0.4) is 0 Å². The van der Waals surface area contributed by atoms with Crippen LogP contribution in [0, 0.1) is 28.6 Å². The van der Waals surface area contributed by atoms with Gasteiger partial charge in [0.2, 0.25) is 3.79 Å². The van der Waals surface area contributed by atoms with Gasteiger partial charge >= 0.3 is 12.1 Å². The average Bonchev–Trinajstić information content (AvgIpc) is 2.81. The van der Waals surface area contributed by atoms with Gasteiger partial charge in [-0.1, -0.05) is 53.4 Å². The number of hydrogen-bond acceptors (Lipinski definition) is 6. The number of halogens is 3. The van der Waals surface area contributed by atoms with Crippen LogP contribution in [0.1, 0.15) is 44.2 Å². The maximum Gasteiger partial charge on any atom is 0.410 e. The van der Waals surface area contributed by atoms with Gasteiger partial charge in [0, 0.05) is 6.54 Å². The van der Waals surface area contributed by atoms with Crippen LogP contribution < -0.4 is 4.74 Å². The van der Waals surface area contributed by atoms with Crippen LogP contribution in [0.4, 0.5) is 4.79 Å². The molecule has 1 amide bonds. The molecule has 0 N–H and O–H groups in total. The van der Waals surface area contributed by atoms with Crippen molar-refractivity contribution in [1.29, 1.82) is 5.26 Å². The third-order valence-corrected chi connectivity index (χ3v) is 6.87. The summed E-state index contributed by atoms with van der Waals surface area (Å²) in [6, 6.07) is 9.33. The van der Waals surface area contributed by atoms with E-state index in [4.69, 9.17) is 49.0 Å². The Balaban J connectivity index is 1.98. The molecule has 1 aliphatic heterocycles. The molecule has 0 radical (unpaired) electrons. The molecular formula is C23H27Cl3N2O5. The fourth-order valence-electron chi connectivity index (χ4n) is 5.04. The number of nitriles is 1. The fourth-order valence-corrected chi connectivity index (χ4v) is 5.21. The molecule has 1 aliphatic carbocycles. The second-order valence-electron chi connectivity index (χ2n) is 8.45. The number of ether oxygens (including phenoxy) is 3. The molecule has 1 aromatic carbocycles. The van der Waals surface area contributed by atoms with Crippen LogP contribution >= 0.6 is 34.8 Å². The maximum atomic E-state index is 13.1. The summed E-state index contributed by atoms with van der Waals surface area (Å²) < 4.78 is 14.1. The minimum Gasteiger partial charge on any atom is -0.497 e. The van der Waals surface area contributed by atoms with Crippen molar-refractivity contribution in [2.24, 2.45) is 17.3 Å². The Hall–Kier alpha value is -1.88. The van der Waals surface area contributed by atoms with Crippen molar-refractivity contribution >= 4 is 46.9 Å². The number of likely N-dealkylation sites (tertiary alicyclic amines) is 1. The van der Waals surface area contributed by atoms with E-state index in [2.05, 4.69) is 6.07 Å². The Morgan fingerprint density at radius 1 is 1.24 bits per heavy atom. The smallest absolute Gasteiger partial charge is 0.410 e. The first-order valence-corrected chi connectivity index (χ1v) is 12.0. The van der Waals surface area contributed by atoms with Gasteiger partial charge in [-0.05, 0) is 49.8 Å². The second kappa shape index (κ2) is 10.6. The molecule has 4 atom stereocenters. The van der Waals surface area contributed by atoms with Gasteiger partial charge in [-0.3, -0.25) is 9.69 Å². The first kappa shape index (κ1) is 25.7. The van der Waals surface area contributed by atoms with Crippen LogP contribution in [-0.2, 0) is 14.3 Å². The minimum absolute atomic E-state index is 0.111. The van der Waals surface area contributed by atoms with Gasteiger partial charge in [0.1, 0.15) is 12.4 Å². The molecule has 33 heavy (non-hydrogen) atoms. The van der Waals surface area contributed by atoms with Crippen LogP contribution in [-0.4, -0.2) is 47.6 Å². The van der Waals surface area contributed by atoms with Crippen LogP contribution in [0.5, 0.6) is 5.75 Å².